The van der Waals surface area contributed by atoms with Crippen LogP contribution in [0.25, 0.3) is 0 Å². The summed E-state index contributed by atoms with van der Waals surface area (Å²) in [6.07, 6.45) is 70.4. The third-order valence-electron chi connectivity index (χ3n) is 17.8. The molecule has 11 nitrogen and oxygen atoms in total. The molecule has 1 saturated heterocycles. The number of carbonyl (C=O) groups excluding carboxylic acids is 2. The normalized spacial score (nSPS) is 18.0. The number of rotatable bonds is 66. The third-order valence-corrected chi connectivity index (χ3v) is 17.8. The average molecular weight is 1200 g/mol. The van der Waals surface area contributed by atoms with E-state index in [1.807, 2.05) is 6.08 Å². The van der Waals surface area contributed by atoms with Gasteiger partial charge in [0.25, 0.3) is 0 Å². The standard InChI is InChI=1S/C74H141NO10/c1-3-5-7-9-11-13-15-40-44-48-52-56-60-67(77)66(65-84-74-73(82)72(81)71(80)68(64-76)85-74)75-69(78)61-57-53-49-45-41-38-36-34-32-30-28-26-24-22-20-18-17-19-21-23-25-27-29-31-33-35-37-39-43-47-51-55-59-63-83-70(79)62-58-54-50-46-42-16-14-12-10-8-6-4-2/h21,23,56,60,66-68,71-74,76-77,80-82H,3-20,22,24-55,57-59,61-65H2,1-2H3,(H,75,78)/b23-21-,60-56+. The molecule has 0 aliphatic carbocycles. The summed E-state index contributed by atoms with van der Waals surface area (Å²) in [6.45, 7) is 4.38. The summed E-state index contributed by atoms with van der Waals surface area (Å²) in [7, 11) is 0. The Kier molecular flexibility index (Phi) is 60.8. The monoisotopic (exact) mass is 1200 g/mol. The molecular formula is C74H141NO10. The van der Waals surface area contributed by atoms with Crippen molar-refractivity contribution in [2.75, 3.05) is 19.8 Å². The van der Waals surface area contributed by atoms with Crippen LogP contribution < -0.4 is 5.32 Å². The molecule has 0 aromatic carbocycles. The lowest BCUT2D eigenvalue weighted by Crippen LogP contribution is -2.60. The molecule has 1 fully saturated rings. The fourth-order valence-electron chi connectivity index (χ4n) is 12.0. The van der Waals surface area contributed by atoms with E-state index in [0.717, 1.165) is 51.4 Å². The molecule has 502 valence electrons. The Balaban J connectivity index is 1.93. The van der Waals surface area contributed by atoms with Crippen LogP contribution >= 0.6 is 0 Å². The maximum absolute atomic E-state index is 13.1. The minimum Gasteiger partial charge on any atom is -0.466 e. The summed E-state index contributed by atoms with van der Waals surface area (Å²) in [5.74, 6) is -0.164. The van der Waals surface area contributed by atoms with Crippen molar-refractivity contribution in [3.63, 3.8) is 0 Å². The Morgan fingerprint density at radius 2 is 0.753 bits per heavy atom. The van der Waals surface area contributed by atoms with E-state index in [4.69, 9.17) is 14.2 Å². The molecule has 7 unspecified atom stereocenters. The average Bonchev–Trinajstić information content (AvgIpc) is 3.30. The second-order valence-corrected chi connectivity index (χ2v) is 26.0. The summed E-state index contributed by atoms with van der Waals surface area (Å²) in [5, 5.41) is 54.5. The van der Waals surface area contributed by atoms with Crippen LogP contribution in [0.1, 0.15) is 373 Å². The van der Waals surface area contributed by atoms with Crippen LogP contribution in [0.2, 0.25) is 0 Å². The van der Waals surface area contributed by atoms with Gasteiger partial charge >= 0.3 is 5.97 Å². The van der Waals surface area contributed by atoms with Crippen molar-refractivity contribution in [3.05, 3.63) is 24.3 Å². The van der Waals surface area contributed by atoms with Crippen LogP contribution in [-0.2, 0) is 23.8 Å². The van der Waals surface area contributed by atoms with E-state index in [2.05, 4.69) is 31.3 Å². The molecule has 0 bridgehead atoms. The van der Waals surface area contributed by atoms with Gasteiger partial charge in [0.2, 0.25) is 5.91 Å². The van der Waals surface area contributed by atoms with Gasteiger partial charge in [0, 0.05) is 12.8 Å². The molecule has 0 radical (unpaired) electrons. The molecular weight excluding hydrogens is 1060 g/mol. The molecule has 85 heavy (non-hydrogen) atoms. The van der Waals surface area contributed by atoms with Crippen molar-refractivity contribution in [2.45, 2.75) is 416 Å². The number of hydrogen-bond acceptors (Lipinski definition) is 10. The zero-order valence-corrected chi connectivity index (χ0v) is 55.8. The van der Waals surface area contributed by atoms with E-state index in [1.54, 1.807) is 6.08 Å². The maximum Gasteiger partial charge on any atom is 0.305 e. The largest absolute Gasteiger partial charge is 0.466 e. The van der Waals surface area contributed by atoms with Gasteiger partial charge in [-0.2, -0.15) is 0 Å². The van der Waals surface area contributed by atoms with Crippen molar-refractivity contribution >= 4 is 11.9 Å². The molecule has 1 rings (SSSR count). The lowest BCUT2D eigenvalue weighted by atomic mass is 9.99. The number of amides is 1. The molecule has 11 heteroatoms. The summed E-state index contributed by atoms with van der Waals surface area (Å²) in [5.41, 5.74) is 0. The van der Waals surface area contributed by atoms with Crippen LogP contribution in [-0.4, -0.2) is 100 Å². The van der Waals surface area contributed by atoms with Gasteiger partial charge in [-0.05, 0) is 57.8 Å². The SMILES string of the molecule is CCCCCCCCCCCC/C=C/C(O)C(COC1OC(CO)C(O)C(O)C1O)NC(=O)CCCCCCCCCCCCCCCCCCC/C=C\CCCCCCCCCCCCCCOC(=O)CCCCCCCCCCCCCC. The van der Waals surface area contributed by atoms with Crippen molar-refractivity contribution in [1.82, 2.24) is 5.32 Å². The highest BCUT2D eigenvalue weighted by atomic mass is 16.7. The smallest absolute Gasteiger partial charge is 0.305 e. The van der Waals surface area contributed by atoms with Crippen molar-refractivity contribution in [1.29, 1.82) is 0 Å². The highest BCUT2D eigenvalue weighted by molar-refractivity contribution is 5.76. The topological polar surface area (TPSA) is 175 Å². The fraction of sp³-hybridized carbons (Fsp3) is 0.919. The Labute approximate surface area is 524 Å². The molecule has 6 N–H and O–H groups in total. The van der Waals surface area contributed by atoms with Gasteiger partial charge in [-0.3, -0.25) is 9.59 Å². The predicted octanol–water partition coefficient (Wildman–Crippen LogP) is 19.2. The third kappa shape index (κ3) is 52.6. The second-order valence-electron chi connectivity index (χ2n) is 26.0. The van der Waals surface area contributed by atoms with Gasteiger partial charge in [0.15, 0.2) is 6.29 Å². The van der Waals surface area contributed by atoms with Crippen LogP contribution in [0, 0.1) is 0 Å². The van der Waals surface area contributed by atoms with Gasteiger partial charge in [-0.1, -0.05) is 327 Å². The number of nitrogens with one attached hydrogen (secondary N) is 1. The number of aliphatic hydroxyl groups is 5. The zero-order valence-electron chi connectivity index (χ0n) is 55.8. The molecule has 1 amide bonds. The molecule has 0 spiro atoms. The van der Waals surface area contributed by atoms with E-state index in [9.17, 15) is 35.1 Å². The minimum absolute atomic E-state index is 0.0127. The summed E-state index contributed by atoms with van der Waals surface area (Å²) in [4.78, 5) is 25.1. The fourth-order valence-corrected chi connectivity index (χ4v) is 12.0. The number of ether oxygens (including phenoxy) is 3. The Morgan fingerprint density at radius 1 is 0.424 bits per heavy atom. The van der Waals surface area contributed by atoms with Crippen LogP contribution in [0.4, 0.5) is 0 Å². The lowest BCUT2D eigenvalue weighted by Gasteiger charge is -2.40. The minimum atomic E-state index is -1.57. The number of aliphatic hydroxyl groups excluding tert-OH is 5. The summed E-state index contributed by atoms with van der Waals surface area (Å²) < 4.78 is 16.7. The number of esters is 1. The van der Waals surface area contributed by atoms with Gasteiger partial charge in [0.05, 0.1) is 32.0 Å². The first-order valence-corrected chi connectivity index (χ1v) is 37.1. The molecule has 1 aliphatic rings. The van der Waals surface area contributed by atoms with Gasteiger partial charge < -0.3 is 45.1 Å². The van der Waals surface area contributed by atoms with E-state index in [1.165, 1.54) is 295 Å². The molecule has 0 aromatic heterocycles. The summed E-state index contributed by atoms with van der Waals surface area (Å²) >= 11 is 0. The first-order valence-electron chi connectivity index (χ1n) is 37.1. The van der Waals surface area contributed by atoms with E-state index >= 15 is 0 Å². The highest BCUT2D eigenvalue weighted by Gasteiger charge is 2.44. The first kappa shape index (κ1) is 81.2. The molecule has 7 atom stereocenters. The molecule has 0 saturated carbocycles. The number of carbonyl (C=O) groups is 2. The van der Waals surface area contributed by atoms with Crippen LogP contribution in [0.5, 0.6) is 0 Å². The predicted molar refractivity (Wildman–Crippen MR) is 357 cm³/mol. The Morgan fingerprint density at radius 3 is 1.13 bits per heavy atom. The Bertz CT molecular complexity index is 1460. The van der Waals surface area contributed by atoms with E-state index in [-0.39, 0.29) is 18.5 Å². The lowest BCUT2D eigenvalue weighted by molar-refractivity contribution is -0.302. The zero-order chi connectivity index (χ0) is 61.6. The first-order chi connectivity index (χ1) is 41.7. The maximum atomic E-state index is 13.1. The van der Waals surface area contributed by atoms with E-state index < -0.39 is 49.5 Å². The number of allylic oxidation sites excluding steroid dienone is 3. The van der Waals surface area contributed by atoms with E-state index in [0.29, 0.717) is 19.4 Å². The highest BCUT2D eigenvalue weighted by Crippen LogP contribution is 2.24. The van der Waals surface area contributed by atoms with Gasteiger partial charge in [0.1, 0.15) is 24.4 Å². The number of unbranched alkanes of at least 4 members (excludes halogenated alkanes) is 50. The number of hydrogen-bond donors (Lipinski definition) is 6. The molecule has 1 heterocycles. The second kappa shape index (κ2) is 63.7. The van der Waals surface area contributed by atoms with Crippen molar-refractivity contribution < 1.29 is 49.3 Å². The summed E-state index contributed by atoms with van der Waals surface area (Å²) in [6, 6.07) is -0.807. The quantitative estimate of drug-likeness (QED) is 0.0195. The Hall–Kier alpha value is -1.86. The molecule has 1 aliphatic heterocycles. The van der Waals surface area contributed by atoms with Crippen LogP contribution in [0.15, 0.2) is 24.3 Å². The van der Waals surface area contributed by atoms with Gasteiger partial charge in [-0.15, -0.1) is 0 Å². The van der Waals surface area contributed by atoms with Crippen molar-refractivity contribution in [3.8, 4) is 0 Å². The van der Waals surface area contributed by atoms with Crippen molar-refractivity contribution in [2.24, 2.45) is 0 Å². The van der Waals surface area contributed by atoms with Crippen LogP contribution in [0.3, 0.4) is 0 Å². The van der Waals surface area contributed by atoms with Gasteiger partial charge in [-0.25, -0.2) is 0 Å². The molecule has 0 aromatic rings.